The zero-order valence-electron chi connectivity index (χ0n) is 10.1. The third-order valence-corrected chi connectivity index (χ3v) is 3.92. The first-order valence-electron chi connectivity index (χ1n) is 6.30. The lowest BCUT2D eigenvalue weighted by Gasteiger charge is -2.42. The quantitative estimate of drug-likeness (QED) is 0.787. The SMILES string of the molecule is Cc1ccccc1N1CC2CNCC(C1)C2=O. The van der Waals surface area contributed by atoms with Gasteiger partial charge in [-0.2, -0.15) is 0 Å². The second-order valence-corrected chi connectivity index (χ2v) is 5.15. The fourth-order valence-corrected chi connectivity index (χ4v) is 3.00. The molecule has 1 aromatic carbocycles. The predicted molar refractivity (Wildman–Crippen MR) is 68.2 cm³/mol. The molecular weight excluding hydrogens is 212 g/mol. The number of benzene rings is 1. The molecule has 0 saturated carbocycles. The number of Topliss-reactive ketones (excluding diaryl/α,β-unsaturated/α-hetero) is 1. The van der Waals surface area contributed by atoms with E-state index in [0.717, 1.165) is 26.2 Å². The van der Waals surface area contributed by atoms with E-state index in [-0.39, 0.29) is 11.8 Å². The minimum atomic E-state index is 0.183. The fourth-order valence-electron chi connectivity index (χ4n) is 3.00. The van der Waals surface area contributed by atoms with E-state index in [1.165, 1.54) is 11.3 Å². The van der Waals surface area contributed by atoms with Crippen LogP contribution in [0.25, 0.3) is 0 Å². The minimum Gasteiger partial charge on any atom is -0.370 e. The van der Waals surface area contributed by atoms with Crippen LogP contribution in [0.15, 0.2) is 24.3 Å². The predicted octanol–water partition coefficient (Wildman–Crippen LogP) is 1.22. The number of carbonyl (C=O) groups excluding carboxylic acids is 1. The Hall–Kier alpha value is -1.35. The Balaban J connectivity index is 1.87. The Morgan fingerprint density at radius 3 is 2.47 bits per heavy atom. The standard InChI is InChI=1S/C14H18N2O/c1-10-4-2-3-5-13(10)16-8-11-6-15-7-12(9-16)14(11)17/h2-5,11-12,15H,6-9H2,1H3. The maximum absolute atomic E-state index is 12.0. The molecule has 0 aromatic heterocycles. The van der Waals surface area contributed by atoms with Crippen molar-refractivity contribution in [2.45, 2.75) is 6.92 Å². The normalized spacial score (nSPS) is 28.3. The van der Waals surface area contributed by atoms with Crippen molar-refractivity contribution in [1.29, 1.82) is 0 Å². The number of carbonyl (C=O) groups is 1. The van der Waals surface area contributed by atoms with Gasteiger partial charge in [0.1, 0.15) is 5.78 Å². The monoisotopic (exact) mass is 230 g/mol. The number of hydrogen-bond acceptors (Lipinski definition) is 3. The van der Waals surface area contributed by atoms with E-state index < -0.39 is 0 Å². The lowest BCUT2D eigenvalue weighted by molar-refractivity contribution is -0.129. The van der Waals surface area contributed by atoms with Gasteiger partial charge in [0, 0.05) is 43.7 Å². The number of aryl methyl sites for hydroxylation is 1. The van der Waals surface area contributed by atoms with Gasteiger partial charge in [-0.1, -0.05) is 18.2 Å². The van der Waals surface area contributed by atoms with Gasteiger partial charge < -0.3 is 10.2 Å². The number of ketones is 1. The minimum absolute atomic E-state index is 0.183. The van der Waals surface area contributed by atoms with E-state index in [2.05, 4.69) is 41.4 Å². The first kappa shape index (κ1) is 10.8. The van der Waals surface area contributed by atoms with Gasteiger partial charge in [0.2, 0.25) is 0 Å². The van der Waals surface area contributed by atoms with E-state index in [9.17, 15) is 4.79 Å². The zero-order chi connectivity index (χ0) is 11.8. The van der Waals surface area contributed by atoms with Crippen molar-refractivity contribution in [2.75, 3.05) is 31.1 Å². The van der Waals surface area contributed by atoms with Crippen LogP contribution in [0.2, 0.25) is 0 Å². The van der Waals surface area contributed by atoms with Crippen LogP contribution in [0.3, 0.4) is 0 Å². The summed E-state index contributed by atoms with van der Waals surface area (Å²) in [5.74, 6) is 0.831. The maximum Gasteiger partial charge on any atom is 0.145 e. The Labute approximate surface area is 102 Å². The lowest BCUT2D eigenvalue weighted by Crippen LogP contribution is -2.57. The molecule has 2 heterocycles. The van der Waals surface area contributed by atoms with Gasteiger partial charge in [0.25, 0.3) is 0 Å². The van der Waals surface area contributed by atoms with Crippen molar-refractivity contribution < 1.29 is 4.79 Å². The Morgan fingerprint density at radius 2 is 1.82 bits per heavy atom. The van der Waals surface area contributed by atoms with Gasteiger partial charge in [-0.05, 0) is 18.6 Å². The molecule has 0 radical (unpaired) electrons. The van der Waals surface area contributed by atoms with E-state index in [4.69, 9.17) is 0 Å². The molecule has 3 heteroatoms. The van der Waals surface area contributed by atoms with Crippen molar-refractivity contribution in [3.63, 3.8) is 0 Å². The van der Waals surface area contributed by atoms with Gasteiger partial charge in [-0.15, -0.1) is 0 Å². The fraction of sp³-hybridized carbons (Fsp3) is 0.500. The van der Waals surface area contributed by atoms with Gasteiger partial charge in [-0.3, -0.25) is 4.79 Å². The molecule has 2 aliphatic heterocycles. The number of nitrogens with zero attached hydrogens (tertiary/aromatic N) is 1. The van der Waals surface area contributed by atoms with Gasteiger partial charge >= 0.3 is 0 Å². The van der Waals surface area contributed by atoms with Crippen LogP contribution in [0.1, 0.15) is 5.56 Å². The number of anilines is 1. The summed E-state index contributed by atoms with van der Waals surface area (Å²) in [6.07, 6.45) is 0. The number of rotatable bonds is 1. The molecule has 2 unspecified atom stereocenters. The summed E-state index contributed by atoms with van der Waals surface area (Å²) in [6.45, 7) is 5.57. The number of piperidine rings is 2. The molecule has 1 N–H and O–H groups in total. The number of para-hydroxylation sites is 1. The molecular formula is C14H18N2O. The highest BCUT2D eigenvalue weighted by molar-refractivity contribution is 5.87. The van der Waals surface area contributed by atoms with Crippen LogP contribution in [0.4, 0.5) is 5.69 Å². The van der Waals surface area contributed by atoms with Crippen molar-refractivity contribution in [1.82, 2.24) is 5.32 Å². The Bertz CT molecular complexity index is 428. The molecule has 0 spiro atoms. The lowest BCUT2D eigenvalue weighted by atomic mass is 9.84. The van der Waals surface area contributed by atoms with Gasteiger partial charge in [-0.25, -0.2) is 0 Å². The summed E-state index contributed by atoms with van der Waals surface area (Å²) in [5.41, 5.74) is 2.59. The Morgan fingerprint density at radius 1 is 1.18 bits per heavy atom. The maximum atomic E-state index is 12.0. The van der Waals surface area contributed by atoms with Crippen molar-refractivity contribution in [3.05, 3.63) is 29.8 Å². The molecule has 0 amide bonds. The van der Waals surface area contributed by atoms with Gasteiger partial charge in [0.05, 0.1) is 0 Å². The average Bonchev–Trinajstić information content (AvgIpc) is 2.29. The molecule has 90 valence electrons. The molecule has 3 nitrogen and oxygen atoms in total. The highest BCUT2D eigenvalue weighted by atomic mass is 16.1. The summed E-state index contributed by atoms with van der Waals surface area (Å²) in [5, 5.41) is 3.36. The van der Waals surface area contributed by atoms with E-state index in [1.807, 2.05) is 0 Å². The summed E-state index contributed by atoms with van der Waals surface area (Å²) < 4.78 is 0. The largest absolute Gasteiger partial charge is 0.370 e. The molecule has 3 rings (SSSR count). The number of nitrogens with one attached hydrogen (secondary N) is 1. The molecule has 2 fully saturated rings. The molecule has 2 bridgehead atoms. The zero-order valence-corrected chi connectivity index (χ0v) is 10.1. The molecule has 2 saturated heterocycles. The van der Waals surface area contributed by atoms with Crippen LogP contribution < -0.4 is 10.2 Å². The highest BCUT2D eigenvalue weighted by Gasteiger charge is 2.38. The summed E-state index contributed by atoms with van der Waals surface area (Å²) in [4.78, 5) is 14.4. The van der Waals surface area contributed by atoms with Crippen molar-refractivity contribution in [3.8, 4) is 0 Å². The van der Waals surface area contributed by atoms with Crippen LogP contribution >= 0.6 is 0 Å². The smallest absolute Gasteiger partial charge is 0.145 e. The molecule has 1 aromatic rings. The average molecular weight is 230 g/mol. The molecule has 2 atom stereocenters. The van der Waals surface area contributed by atoms with Crippen molar-refractivity contribution >= 4 is 11.5 Å². The number of fused-ring (bicyclic) bond motifs is 2. The molecule has 2 aliphatic rings. The second kappa shape index (κ2) is 4.15. The first-order valence-corrected chi connectivity index (χ1v) is 6.30. The number of hydrogen-bond donors (Lipinski definition) is 1. The van der Waals surface area contributed by atoms with Gasteiger partial charge in [0.15, 0.2) is 0 Å². The second-order valence-electron chi connectivity index (χ2n) is 5.15. The van der Waals surface area contributed by atoms with E-state index in [1.54, 1.807) is 0 Å². The topological polar surface area (TPSA) is 32.3 Å². The highest BCUT2D eigenvalue weighted by Crippen LogP contribution is 2.28. The third kappa shape index (κ3) is 1.84. The van der Waals surface area contributed by atoms with E-state index in [0.29, 0.717) is 5.78 Å². The van der Waals surface area contributed by atoms with Crippen LogP contribution in [-0.4, -0.2) is 32.0 Å². The molecule has 17 heavy (non-hydrogen) atoms. The summed E-state index contributed by atoms with van der Waals surface area (Å²) in [6, 6.07) is 8.44. The summed E-state index contributed by atoms with van der Waals surface area (Å²) >= 11 is 0. The Kier molecular flexibility index (Phi) is 2.63. The van der Waals surface area contributed by atoms with Crippen molar-refractivity contribution in [2.24, 2.45) is 11.8 Å². The van der Waals surface area contributed by atoms with Crippen LogP contribution in [-0.2, 0) is 4.79 Å². The first-order chi connectivity index (χ1) is 8.25. The van der Waals surface area contributed by atoms with E-state index >= 15 is 0 Å². The third-order valence-electron chi connectivity index (χ3n) is 3.92. The van der Waals surface area contributed by atoms with Crippen LogP contribution in [0, 0.1) is 18.8 Å². The van der Waals surface area contributed by atoms with Crippen LogP contribution in [0.5, 0.6) is 0 Å². The summed E-state index contributed by atoms with van der Waals surface area (Å²) in [7, 11) is 0. The molecule has 0 aliphatic carbocycles.